The Morgan fingerprint density at radius 2 is 1.68 bits per heavy atom. The fourth-order valence-corrected chi connectivity index (χ4v) is 4.05. The highest BCUT2D eigenvalue weighted by atomic mass is 32.2. The van der Waals surface area contributed by atoms with Crippen molar-refractivity contribution in [3.63, 3.8) is 0 Å². The van der Waals surface area contributed by atoms with Crippen LogP contribution in [0.3, 0.4) is 0 Å². The maximum Gasteiger partial charge on any atom is 0.0983 e. The summed E-state index contributed by atoms with van der Waals surface area (Å²) < 4.78 is 0. The third-order valence-corrected chi connectivity index (χ3v) is 5.42. The van der Waals surface area contributed by atoms with Gasteiger partial charge in [-0.2, -0.15) is 0 Å². The summed E-state index contributed by atoms with van der Waals surface area (Å²) in [6.07, 6.45) is 4.52. The molecule has 0 fully saturated rings. The van der Waals surface area contributed by atoms with Crippen molar-refractivity contribution in [1.29, 1.82) is 0 Å². The third-order valence-electron chi connectivity index (χ3n) is 4.10. The van der Waals surface area contributed by atoms with Crippen molar-refractivity contribution in [2.24, 2.45) is 0 Å². The lowest BCUT2D eigenvalue weighted by molar-refractivity contribution is 0.993. The van der Waals surface area contributed by atoms with Crippen molar-refractivity contribution in [1.82, 2.24) is 0 Å². The largest absolute Gasteiger partial charge is 0.358 e. The molecule has 0 spiro atoms. The summed E-state index contributed by atoms with van der Waals surface area (Å²) in [5, 5.41) is 2.95. The first-order valence-corrected chi connectivity index (χ1v) is 8.35. The molecule has 0 amide bonds. The van der Waals surface area contributed by atoms with E-state index in [-0.39, 0.29) is 0 Å². The number of likely N-dealkylation sites (N-methyl/N-ethyl adjacent to an activating group) is 1. The van der Waals surface area contributed by atoms with Crippen LogP contribution in [0.1, 0.15) is 5.56 Å². The average Bonchev–Trinajstić information content (AvgIpc) is 2.89. The molecule has 22 heavy (non-hydrogen) atoms. The number of rotatable bonds is 2. The van der Waals surface area contributed by atoms with E-state index in [0.717, 1.165) is 0 Å². The summed E-state index contributed by atoms with van der Waals surface area (Å²) in [6.45, 7) is 0. The van der Waals surface area contributed by atoms with Crippen LogP contribution in [0.2, 0.25) is 0 Å². The van der Waals surface area contributed by atoms with Crippen LogP contribution in [-0.4, -0.2) is 12.4 Å². The average molecular weight is 303 g/mol. The van der Waals surface area contributed by atoms with Gasteiger partial charge in [-0.1, -0.05) is 72.4 Å². The van der Waals surface area contributed by atoms with Gasteiger partial charge in [-0.3, -0.25) is 0 Å². The minimum atomic E-state index is 0.365. The summed E-state index contributed by atoms with van der Waals surface area (Å²) in [7, 11) is 2.16. The highest BCUT2D eigenvalue weighted by molar-refractivity contribution is 8.00. The summed E-state index contributed by atoms with van der Waals surface area (Å²) >= 11 is 1.91. The highest BCUT2D eigenvalue weighted by Gasteiger charge is 2.24. The normalized spacial score (nSPS) is 17.3. The lowest BCUT2D eigenvalue weighted by Crippen LogP contribution is -2.21. The number of anilines is 1. The molecule has 3 aromatic rings. The molecule has 0 aliphatic carbocycles. The number of fused-ring (bicyclic) bond motifs is 2. The van der Waals surface area contributed by atoms with Crippen molar-refractivity contribution in [2.45, 2.75) is 10.3 Å². The van der Waals surface area contributed by atoms with Gasteiger partial charge in [0.25, 0.3) is 0 Å². The van der Waals surface area contributed by atoms with Gasteiger partial charge in [0.15, 0.2) is 0 Å². The first-order valence-electron chi connectivity index (χ1n) is 7.47. The number of hydrogen-bond acceptors (Lipinski definition) is 2. The highest BCUT2D eigenvalue weighted by Crippen LogP contribution is 2.42. The summed E-state index contributed by atoms with van der Waals surface area (Å²) in [4.78, 5) is 3.69. The number of hydrogen-bond donors (Lipinski definition) is 0. The molecular weight excluding hydrogens is 286 g/mol. The molecule has 1 aliphatic rings. The molecule has 1 atom stereocenters. The predicted molar refractivity (Wildman–Crippen MR) is 97.5 cm³/mol. The van der Waals surface area contributed by atoms with Gasteiger partial charge in [0, 0.05) is 11.9 Å². The van der Waals surface area contributed by atoms with E-state index >= 15 is 0 Å². The maximum absolute atomic E-state index is 2.33. The molecular formula is C20H17NS. The molecule has 0 radical (unpaired) electrons. The van der Waals surface area contributed by atoms with Crippen molar-refractivity contribution in [3.05, 3.63) is 78.4 Å². The quantitative estimate of drug-likeness (QED) is 0.622. The Kier molecular flexibility index (Phi) is 3.39. The Morgan fingerprint density at radius 3 is 2.55 bits per heavy atom. The van der Waals surface area contributed by atoms with E-state index in [1.807, 2.05) is 11.8 Å². The third kappa shape index (κ3) is 2.40. The van der Waals surface area contributed by atoms with Crippen LogP contribution in [0.5, 0.6) is 0 Å². The van der Waals surface area contributed by atoms with Gasteiger partial charge in [-0.15, -0.1) is 0 Å². The zero-order valence-electron chi connectivity index (χ0n) is 12.4. The van der Waals surface area contributed by atoms with Gasteiger partial charge in [-0.25, -0.2) is 0 Å². The first kappa shape index (κ1) is 13.5. The smallest absolute Gasteiger partial charge is 0.0983 e. The molecule has 0 aromatic heterocycles. The zero-order valence-corrected chi connectivity index (χ0v) is 13.3. The lowest BCUT2D eigenvalue weighted by atomic mass is 10.1. The molecule has 0 N–H and O–H groups in total. The van der Waals surface area contributed by atoms with Crippen LogP contribution in [0.25, 0.3) is 16.8 Å². The van der Waals surface area contributed by atoms with Crippen LogP contribution in [0.15, 0.2) is 77.7 Å². The van der Waals surface area contributed by atoms with E-state index < -0.39 is 0 Å². The number of benzene rings is 3. The van der Waals surface area contributed by atoms with Crippen LogP contribution >= 0.6 is 11.8 Å². The van der Waals surface area contributed by atoms with Gasteiger partial charge in [0.05, 0.1) is 11.1 Å². The first-order chi connectivity index (χ1) is 10.8. The van der Waals surface area contributed by atoms with Gasteiger partial charge in [0.2, 0.25) is 0 Å². The van der Waals surface area contributed by atoms with Crippen LogP contribution in [0, 0.1) is 0 Å². The minimum absolute atomic E-state index is 0.365. The standard InChI is InChI=1S/C20H17NS/c1-21-18-8-4-5-9-19(18)22-20(21)13-11-15-10-12-16-6-2-3-7-17(16)14-15/h2-14,20H,1H3. The predicted octanol–water partition coefficient (Wildman–Crippen LogP) is 5.42. The molecule has 1 nitrogen and oxygen atoms in total. The van der Waals surface area contributed by atoms with E-state index in [2.05, 4.69) is 90.8 Å². The van der Waals surface area contributed by atoms with Crippen LogP contribution < -0.4 is 4.90 Å². The number of nitrogens with zero attached hydrogens (tertiary/aromatic N) is 1. The van der Waals surface area contributed by atoms with E-state index in [1.165, 1.54) is 26.9 Å². The topological polar surface area (TPSA) is 3.24 Å². The Morgan fingerprint density at radius 1 is 0.909 bits per heavy atom. The fraction of sp³-hybridized carbons (Fsp3) is 0.100. The fourth-order valence-electron chi connectivity index (χ4n) is 2.87. The molecule has 3 aromatic carbocycles. The van der Waals surface area contributed by atoms with Crippen molar-refractivity contribution in [2.75, 3.05) is 11.9 Å². The van der Waals surface area contributed by atoms with E-state index in [4.69, 9.17) is 0 Å². The van der Waals surface area contributed by atoms with E-state index in [0.29, 0.717) is 5.37 Å². The molecule has 1 unspecified atom stereocenters. The molecule has 0 saturated heterocycles. The Balaban J connectivity index is 1.59. The van der Waals surface area contributed by atoms with Gasteiger partial charge < -0.3 is 4.90 Å². The molecule has 4 rings (SSSR count). The monoisotopic (exact) mass is 303 g/mol. The second kappa shape index (κ2) is 5.54. The lowest BCUT2D eigenvalue weighted by Gasteiger charge is -2.18. The second-order valence-corrected chi connectivity index (χ2v) is 6.71. The van der Waals surface area contributed by atoms with Crippen molar-refractivity contribution in [3.8, 4) is 0 Å². The molecule has 108 valence electrons. The molecule has 1 aliphatic heterocycles. The minimum Gasteiger partial charge on any atom is -0.358 e. The maximum atomic E-state index is 2.33. The Hall–Kier alpha value is -2.19. The van der Waals surface area contributed by atoms with Gasteiger partial charge >= 0.3 is 0 Å². The molecule has 2 heteroatoms. The molecule has 0 bridgehead atoms. The van der Waals surface area contributed by atoms with Gasteiger partial charge in [0.1, 0.15) is 0 Å². The summed E-state index contributed by atoms with van der Waals surface area (Å²) in [5.41, 5.74) is 2.57. The summed E-state index contributed by atoms with van der Waals surface area (Å²) in [6, 6.07) is 23.7. The van der Waals surface area contributed by atoms with Crippen LogP contribution in [0.4, 0.5) is 5.69 Å². The van der Waals surface area contributed by atoms with Gasteiger partial charge in [-0.05, 0) is 34.5 Å². The molecule has 0 saturated carbocycles. The SMILES string of the molecule is CN1c2ccccc2SC1C=Cc1ccc2ccccc2c1. The Bertz CT molecular complexity index is 853. The van der Waals surface area contributed by atoms with Crippen LogP contribution in [-0.2, 0) is 0 Å². The van der Waals surface area contributed by atoms with Crippen molar-refractivity contribution >= 4 is 34.3 Å². The van der Waals surface area contributed by atoms with E-state index in [1.54, 1.807) is 0 Å². The van der Waals surface area contributed by atoms with Crippen molar-refractivity contribution < 1.29 is 0 Å². The second-order valence-electron chi connectivity index (χ2n) is 5.55. The number of thioether (sulfide) groups is 1. The number of para-hydroxylation sites is 1. The van der Waals surface area contributed by atoms with E-state index in [9.17, 15) is 0 Å². The summed E-state index contributed by atoms with van der Waals surface area (Å²) in [5.74, 6) is 0. The molecule has 1 heterocycles. The zero-order chi connectivity index (χ0) is 14.9. The Labute approximate surface area is 135 Å².